The van der Waals surface area contributed by atoms with Crippen molar-refractivity contribution in [1.29, 1.82) is 0 Å². The zero-order valence-corrected chi connectivity index (χ0v) is 9.66. The number of nitro groups is 1. The van der Waals surface area contributed by atoms with Crippen molar-refractivity contribution in [2.45, 2.75) is 32.6 Å². The van der Waals surface area contributed by atoms with E-state index in [0.29, 0.717) is 5.56 Å². The van der Waals surface area contributed by atoms with Crippen LogP contribution in [0.25, 0.3) is 0 Å². The average molecular weight is 234 g/mol. The zero-order chi connectivity index (χ0) is 12.6. The second-order valence-electron chi connectivity index (χ2n) is 4.33. The highest BCUT2D eigenvalue weighted by Gasteiger charge is 2.25. The maximum Gasteiger partial charge on any atom is 0.293 e. The Hall–Kier alpha value is -1.91. The average Bonchev–Trinajstić information content (AvgIpc) is 2.29. The summed E-state index contributed by atoms with van der Waals surface area (Å²) in [6.45, 7) is 1.43. The summed E-state index contributed by atoms with van der Waals surface area (Å²) in [5.74, 6) is -0.133. The van der Waals surface area contributed by atoms with Crippen LogP contribution in [-0.2, 0) is 12.8 Å². The quantitative estimate of drug-likeness (QED) is 0.368. The summed E-state index contributed by atoms with van der Waals surface area (Å²) in [4.78, 5) is 21.9. The van der Waals surface area contributed by atoms with Crippen LogP contribution in [0, 0.1) is 10.1 Å². The monoisotopic (exact) mass is 234 g/mol. The van der Waals surface area contributed by atoms with E-state index in [1.54, 1.807) is 0 Å². The van der Waals surface area contributed by atoms with Crippen molar-refractivity contribution < 1.29 is 9.72 Å². The molecule has 1 aromatic carbocycles. The number of Topliss-reactive ketones (excluding diaryl/α,β-unsaturated/α-hetero) is 1. The van der Waals surface area contributed by atoms with Gasteiger partial charge in [0.15, 0.2) is 5.78 Å². The fraction of sp³-hybridized carbons (Fsp3) is 0.417. The first-order valence-electron chi connectivity index (χ1n) is 5.62. The number of nitrogens with two attached hydrogens (primary N) is 1. The van der Waals surface area contributed by atoms with Gasteiger partial charge in [-0.1, -0.05) is 0 Å². The summed E-state index contributed by atoms with van der Waals surface area (Å²) in [5, 5.41) is 10.9. The molecule has 0 spiro atoms. The number of anilines is 1. The van der Waals surface area contributed by atoms with Crippen LogP contribution < -0.4 is 5.73 Å². The Bertz CT molecular complexity index is 509. The van der Waals surface area contributed by atoms with Crippen LogP contribution in [-0.4, -0.2) is 10.7 Å². The van der Waals surface area contributed by atoms with E-state index in [4.69, 9.17) is 5.73 Å². The molecule has 5 nitrogen and oxygen atoms in total. The van der Waals surface area contributed by atoms with Crippen molar-refractivity contribution in [3.05, 3.63) is 32.9 Å². The number of carbonyl (C=O) groups excluding carboxylic acids is 1. The van der Waals surface area contributed by atoms with Gasteiger partial charge in [0.1, 0.15) is 5.69 Å². The predicted molar refractivity (Wildman–Crippen MR) is 64.2 cm³/mol. The minimum absolute atomic E-state index is 0.133. The first-order chi connectivity index (χ1) is 8.02. The summed E-state index contributed by atoms with van der Waals surface area (Å²) >= 11 is 0. The summed E-state index contributed by atoms with van der Waals surface area (Å²) in [6, 6.07) is 1.32. The van der Waals surface area contributed by atoms with Crippen LogP contribution in [0.4, 0.5) is 11.4 Å². The van der Waals surface area contributed by atoms with E-state index in [9.17, 15) is 14.9 Å². The molecular formula is C12H14N2O3. The number of hydrogen-bond donors (Lipinski definition) is 1. The van der Waals surface area contributed by atoms with Crippen molar-refractivity contribution in [2.24, 2.45) is 0 Å². The molecule has 0 fully saturated rings. The van der Waals surface area contributed by atoms with Gasteiger partial charge in [-0.05, 0) is 43.7 Å². The van der Waals surface area contributed by atoms with Crippen LogP contribution in [0.3, 0.4) is 0 Å². The molecule has 17 heavy (non-hydrogen) atoms. The van der Waals surface area contributed by atoms with Gasteiger partial charge in [-0.15, -0.1) is 0 Å². The molecule has 0 radical (unpaired) electrons. The maximum atomic E-state index is 11.5. The third-order valence-corrected chi connectivity index (χ3v) is 3.25. The molecule has 0 amide bonds. The highest BCUT2D eigenvalue weighted by atomic mass is 16.6. The first-order valence-corrected chi connectivity index (χ1v) is 5.62. The van der Waals surface area contributed by atoms with Gasteiger partial charge in [-0.2, -0.15) is 0 Å². The fourth-order valence-electron chi connectivity index (χ4n) is 2.42. The van der Waals surface area contributed by atoms with E-state index in [2.05, 4.69) is 0 Å². The molecule has 0 atom stereocenters. The number of nitrogen functional groups attached to an aromatic ring is 1. The SMILES string of the molecule is CC(=O)c1cc([N+](=O)[O-])c(N)c2c1CCCC2. The molecule has 1 aliphatic carbocycles. The highest BCUT2D eigenvalue weighted by molar-refractivity contribution is 5.98. The number of fused-ring (bicyclic) bond motifs is 1. The summed E-state index contributed by atoms with van der Waals surface area (Å²) in [5.41, 5.74) is 8.08. The first kappa shape index (κ1) is 11.6. The van der Waals surface area contributed by atoms with Gasteiger partial charge >= 0.3 is 0 Å². The van der Waals surface area contributed by atoms with Crippen molar-refractivity contribution >= 4 is 17.2 Å². The number of nitrogens with zero attached hydrogens (tertiary/aromatic N) is 1. The zero-order valence-electron chi connectivity index (χ0n) is 9.66. The maximum absolute atomic E-state index is 11.5. The molecule has 0 saturated heterocycles. The summed E-state index contributed by atoms with van der Waals surface area (Å²) in [7, 11) is 0. The lowest BCUT2D eigenvalue weighted by Crippen LogP contribution is -2.13. The van der Waals surface area contributed by atoms with Gasteiger partial charge in [0.25, 0.3) is 5.69 Å². The minimum Gasteiger partial charge on any atom is -0.393 e. The Kier molecular flexibility index (Phi) is 2.83. The van der Waals surface area contributed by atoms with E-state index in [1.165, 1.54) is 13.0 Å². The number of benzene rings is 1. The second kappa shape index (κ2) is 4.16. The molecule has 0 saturated carbocycles. The molecular weight excluding hydrogens is 220 g/mol. The number of ketones is 1. The molecule has 90 valence electrons. The molecule has 1 aromatic rings. The lowest BCUT2D eigenvalue weighted by molar-refractivity contribution is -0.384. The van der Waals surface area contributed by atoms with Gasteiger partial charge in [-0.25, -0.2) is 0 Å². The van der Waals surface area contributed by atoms with Crippen LogP contribution in [0.2, 0.25) is 0 Å². The minimum atomic E-state index is -0.517. The Morgan fingerprint density at radius 3 is 2.47 bits per heavy atom. The van der Waals surface area contributed by atoms with Gasteiger partial charge in [-0.3, -0.25) is 14.9 Å². The number of nitro benzene ring substituents is 1. The largest absolute Gasteiger partial charge is 0.393 e. The van der Waals surface area contributed by atoms with Crippen LogP contribution >= 0.6 is 0 Å². The molecule has 2 N–H and O–H groups in total. The Morgan fingerprint density at radius 2 is 1.94 bits per heavy atom. The molecule has 1 aliphatic rings. The Labute approximate surface area is 98.8 Å². The molecule has 0 heterocycles. The van der Waals surface area contributed by atoms with E-state index in [0.717, 1.165) is 36.8 Å². The van der Waals surface area contributed by atoms with E-state index in [1.807, 2.05) is 0 Å². The molecule has 0 aromatic heterocycles. The van der Waals surface area contributed by atoms with Crippen molar-refractivity contribution in [3.8, 4) is 0 Å². The summed E-state index contributed by atoms with van der Waals surface area (Å²) < 4.78 is 0. The Morgan fingerprint density at radius 1 is 1.35 bits per heavy atom. The molecule has 0 aliphatic heterocycles. The van der Waals surface area contributed by atoms with Crippen LogP contribution in [0.1, 0.15) is 41.3 Å². The summed E-state index contributed by atoms with van der Waals surface area (Å²) in [6.07, 6.45) is 3.48. The van der Waals surface area contributed by atoms with Gasteiger partial charge in [0.05, 0.1) is 4.92 Å². The van der Waals surface area contributed by atoms with Gasteiger partial charge < -0.3 is 5.73 Å². The topological polar surface area (TPSA) is 86.2 Å². The van der Waals surface area contributed by atoms with E-state index >= 15 is 0 Å². The lowest BCUT2D eigenvalue weighted by Gasteiger charge is -2.20. The van der Waals surface area contributed by atoms with Crippen molar-refractivity contribution in [3.63, 3.8) is 0 Å². The third-order valence-electron chi connectivity index (χ3n) is 3.25. The fourth-order valence-corrected chi connectivity index (χ4v) is 2.42. The van der Waals surface area contributed by atoms with Gasteiger partial charge in [0, 0.05) is 11.6 Å². The third kappa shape index (κ3) is 1.88. The molecule has 2 rings (SSSR count). The van der Waals surface area contributed by atoms with E-state index in [-0.39, 0.29) is 17.2 Å². The molecule has 5 heteroatoms. The highest BCUT2D eigenvalue weighted by Crippen LogP contribution is 2.35. The van der Waals surface area contributed by atoms with Crippen LogP contribution in [0.5, 0.6) is 0 Å². The van der Waals surface area contributed by atoms with Crippen molar-refractivity contribution in [1.82, 2.24) is 0 Å². The smallest absolute Gasteiger partial charge is 0.293 e. The number of hydrogen-bond acceptors (Lipinski definition) is 4. The van der Waals surface area contributed by atoms with E-state index < -0.39 is 4.92 Å². The number of rotatable bonds is 2. The number of carbonyl (C=O) groups is 1. The Balaban J connectivity index is 2.72. The standard InChI is InChI=1S/C12H14N2O3/c1-7(15)10-6-11(14(16)17)12(13)9-5-3-2-4-8(9)10/h6H,2-5,13H2,1H3. The normalized spacial score (nSPS) is 14.2. The lowest BCUT2D eigenvalue weighted by atomic mass is 9.85. The van der Waals surface area contributed by atoms with Gasteiger partial charge in [0.2, 0.25) is 0 Å². The van der Waals surface area contributed by atoms with Crippen molar-refractivity contribution in [2.75, 3.05) is 5.73 Å². The van der Waals surface area contributed by atoms with Crippen LogP contribution in [0.15, 0.2) is 6.07 Å². The second-order valence-corrected chi connectivity index (χ2v) is 4.33. The molecule has 0 bridgehead atoms. The predicted octanol–water partition coefficient (Wildman–Crippen LogP) is 2.26. The molecule has 0 unspecified atom stereocenters.